The van der Waals surface area contributed by atoms with Crippen LogP contribution < -0.4 is 15.7 Å². The first-order valence-electron chi connectivity index (χ1n) is 10.1. The van der Waals surface area contributed by atoms with Crippen molar-refractivity contribution in [1.82, 2.24) is 0 Å². The first-order chi connectivity index (χ1) is 14.9. The molecule has 162 valence electrons. The molecule has 0 saturated carbocycles. The zero-order chi connectivity index (χ0) is 22.4. The topological polar surface area (TPSA) is 94.8 Å². The molecular weight excluding hydrogens is 398 g/mol. The molecule has 0 fully saturated rings. The Hall–Kier alpha value is -3.61. The van der Waals surface area contributed by atoms with Crippen molar-refractivity contribution < 1.29 is 23.5 Å². The van der Waals surface area contributed by atoms with Crippen LogP contribution in [0.2, 0.25) is 0 Å². The number of esters is 1. The van der Waals surface area contributed by atoms with Gasteiger partial charge in [-0.25, -0.2) is 9.59 Å². The highest BCUT2D eigenvalue weighted by Gasteiger charge is 2.13. The average molecular weight is 423 g/mol. The average Bonchev–Trinajstić information content (AvgIpc) is 2.76. The van der Waals surface area contributed by atoms with Gasteiger partial charge in [-0.15, -0.1) is 0 Å². The van der Waals surface area contributed by atoms with Crippen LogP contribution in [0.4, 0.5) is 5.69 Å². The fourth-order valence-electron chi connectivity index (χ4n) is 3.30. The molecule has 0 radical (unpaired) electrons. The van der Waals surface area contributed by atoms with Crippen LogP contribution in [-0.4, -0.2) is 25.1 Å². The van der Waals surface area contributed by atoms with Crippen molar-refractivity contribution in [2.45, 2.75) is 33.6 Å². The molecule has 1 heterocycles. The van der Waals surface area contributed by atoms with Gasteiger partial charge in [0.25, 0.3) is 5.91 Å². The Kier molecular flexibility index (Phi) is 7.07. The van der Waals surface area contributed by atoms with Gasteiger partial charge in [0.05, 0.1) is 0 Å². The first kappa shape index (κ1) is 22.1. The highest BCUT2D eigenvalue weighted by atomic mass is 16.6. The maximum atomic E-state index is 12.3. The standard InChI is InChI=1S/C24H25NO6/c1-4-16-7-6-8-17(5-2)24(16)25-21(26)13-30-23(28)14-29-18-9-10-19-15(3)11-22(27)31-20(19)12-18/h6-12H,4-5,13-14H2,1-3H3,(H,25,26). The predicted molar refractivity (Wildman–Crippen MR) is 118 cm³/mol. The molecule has 0 aliphatic rings. The van der Waals surface area contributed by atoms with E-state index in [9.17, 15) is 14.4 Å². The lowest BCUT2D eigenvalue weighted by molar-refractivity contribution is -0.149. The van der Waals surface area contributed by atoms with E-state index in [4.69, 9.17) is 13.9 Å². The van der Waals surface area contributed by atoms with E-state index in [1.807, 2.05) is 39.0 Å². The summed E-state index contributed by atoms with van der Waals surface area (Å²) in [6.45, 7) is 5.06. The summed E-state index contributed by atoms with van der Waals surface area (Å²) in [6.07, 6.45) is 1.56. The second-order valence-corrected chi connectivity index (χ2v) is 7.06. The van der Waals surface area contributed by atoms with Crippen LogP contribution in [0, 0.1) is 6.92 Å². The molecule has 7 heteroatoms. The number of aryl methyl sites for hydroxylation is 3. The van der Waals surface area contributed by atoms with Crippen molar-refractivity contribution in [3.63, 3.8) is 0 Å². The minimum atomic E-state index is -0.680. The van der Waals surface area contributed by atoms with Crippen LogP contribution in [0.15, 0.2) is 51.7 Å². The summed E-state index contributed by atoms with van der Waals surface area (Å²) in [5, 5.41) is 3.62. The Bertz CT molecular complexity index is 1140. The Labute approximate surface area is 180 Å². The smallest absolute Gasteiger partial charge is 0.344 e. The zero-order valence-corrected chi connectivity index (χ0v) is 17.8. The quantitative estimate of drug-likeness (QED) is 0.438. The fourth-order valence-corrected chi connectivity index (χ4v) is 3.30. The third-order valence-corrected chi connectivity index (χ3v) is 4.91. The number of hydrogen-bond donors (Lipinski definition) is 1. The molecule has 3 aromatic rings. The molecule has 7 nitrogen and oxygen atoms in total. The van der Waals surface area contributed by atoms with E-state index in [0.29, 0.717) is 11.3 Å². The van der Waals surface area contributed by atoms with Crippen LogP contribution >= 0.6 is 0 Å². The van der Waals surface area contributed by atoms with Gasteiger partial charge in [0.15, 0.2) is 13.2 Å². The molecule has 1 N–H and O–H groups in total. The minimum Gasteiger partial charge on any atom is -0.482 e. The summed E-state index contributed by atoms with van der Waals surface area (Å²) in [6, 6.07) is 12.3. The summed E-state index contributed by atoms with van der Waals surface area (Å²) in [4.78, 5) is 35.8. The molecule has 3 rings (SSSR count). The number of carbonyl (C=O) groups is 2. The van der Waals surface area contributed by atoms with Gasteiger partial charge >= 0.3 is 11.6 Å². The number of rotatable bonds is 8. The first-order valence-corrected chi connectivity index (χ1v) is 10.1. The molecular formula is C24H25NO6. The Morgan fingerprint density at radius 1 is 1.00 bits per heavy atom. The van der Waals surface area contributed by atoms with Crippen LogP contribution in [0.3, 0.4) is 0 Å². The second-order valence-electron chi connectivity index (χ2n) is 7.06. The monoisotopic (exact) mass is 423 g/mol. The van der Waals surface area contributed by atoms with Crippen molar-refractivity contribution in [1.29, 1.82) is 0 Å². The fraction of sp³-hybridized carbons (Fsp3) is 0.292. The maximum absolute atomic E-state index is 12.3. The molecule has 1 aromatic heterocycles. The number of anilines is 1. The Morgan fingerprint density at radius 3 is 2.39 bits per heavy atom. The number of carbonyl (C=O) groups excluding carboxylic acids is 2. The lowest BCUT2D eigenvalue weighted by atomic mass is 10.0. The van der Waals surface area contributed by atoms with E-state index in [1.165, 1.54) is 12.1 Å². The number of benzene rings is 2. The molecule has 2 aromatic carbocycles. The van der Waals surface area contributed by atoms with Crippen LogP contribution in [0.25, 0.3) is 11.0 Å². The van der Waals surface area contributed by atoms with Gasteiger partial charge in [-0.1, -0.05) is 32.0 Å². The van der Waals surface area contributed by atoms with Crippen molar-refractivity contribution in [2.75, 3.05) is 18.5 Å². The van der Waals surface area contributed by atoms with Crippen LogP contribution in [0.1, 0.15) is 30.5 Å². The van der Waals surface area contributed by atoms with Crippen molar-refractivity contribution in [2.24, 2.45) is 0 Å². The van der Waals surface area contributed by atoms with Crippen molar-refractivity contribution >= 4 is 28.5 Å². The van der Waals surface area contributed by atoms with Crippen molar-refractivity contribution in [3.8, 4) is 5.75 Å². The number of nitrogens with one attached hydrogen (secondary N) is 1. The van der Waals surface area contributed by atoms with Crippen molar-refractivity contribution in [3.05, 3.63) is 69.6 Å². The van der Waals surface area contributed by atoms with Crippen LogP contribution in [0.5, 0.6) is 5.75 Å². The van der Waals surface area contributed by atoms with Gasteiger partial charge in [0.1, 0.15) is 11.3 Å². The van der Waals surface area contributed by atoms with E-state index in [2.05, 4.69) is 5.32 Å². The van der Waals surface area contributed by atoms with E-state index in [0.717, 1.165) is 40.6 Å². The third kappa shape index (κ3) is 5.51. The molecule has 1 amide bonds. The summed E-state index contributed by atoms with van der Waals surface area (Å²) < 4.78 is 15.6. The normalized spacial score (nSPS) is 10.7. The largest absolute Gasteiger partial charge is 0.482 e. The highest BCUT2D eigenvalue weighted by molar-refractivity contribution is 5.94. The summed E-state index contributed by atoms with van der Waals surface area (Å²) in [5.41, 5.74) is 3.54. The Morgan fingerprint density at radius 2 is 1.71 bits per heavy atom. The van der Waals surface area contributed by atoms with Gasteiger partial charge in [-0.2, -0.15) is 0 Å². The minimum absolute atomic E-state index is 0.354. The number of amides is 1. The maximum Gasteiger partial charge on any atom is 0.344 e. The summed E-state index contributed by atoms with van der Waals surface area (Å²) in [7, 11) is 0. The van der Waals surface area contributed by atoms with E-state index in [-0.39, 0.29) is 6.61 Å². The zero-order valence-electron chi connectivity index (χ0n) is 17.8. The van der Waals surface area contributed by atoms with Gasteiger partial charge < -0.3 is 19.2 Å². The molecule has 0 spiro atoms. The molecule has 0 saturated heterocycles. The van der Waals surface area contributed by atoms with Crippen LogP contribution in [-0.2, 0) is 27.2 Å². The third-order valence-electron chi connectivity index (χ3n) is 4.91. The summed E-state index contributed by atoms with van der Waals surface area (Å²) in [5.74, 6) is -0.737. The van der Waals surface area contributed by atoms with Gasteiger partial charge in [-0.05, 0) is 48.6 Å². The van der Waals surface area contributed by atoms with E-state index >= 15 is 0 Å². The number of para-hydroxylation sites is 1. The lowest BCUT2D eigenvalue weighted by Crippen LogP contribution is -2.24. The van der Waals surface area contributed by atoms with E-state index < -0.39 is 24.1 Å². The molecule has 0 aliphatic heterocycles. The molecule has 0 bridgehead atoms. The molecule has 0 unspecified atom stereocenters. The van der Waals surface area contributed by atoms with Gasteiger partial charge in [0, 0.05) is 23.2 Å². The molecule has 0 atom stereocenters. The molecule has 31 heavy (non-hydrogen) atoms. The number of ether oxygens (including phenoxy) is 2. The number of fused-ring (bicyclic) bond motifs is 1. The SMILES string of the molecule is CCc1cccc(CC)c1NC(=O)COC(=O)COc1ccc2c(C)cc(=O)oc2c1. The van der Waals surface area contributed by atoms with Gasteiger partial charge in [0.2, 0.25) is 0 Å². The Balaban J connectivity index is 1.54. The lowest BCUT2D eigenvalue weighted by Gasteiger charge is -2.14. The number of hydrogen-bond acceptors (Lipinski definition) is 6. The van der Waals surface area contributed by atoms with Gasteiger partial charge in [-0.3, -0.25) is 4.79 Å². The second kappa shape index (κ2) is 9.93. The predicted octanol–water partition coefficient (Wildman–Crippen LogP) is 3.79. The van der Waals surface area contributed by atoms with E-state index in [1.54, 1.807) is 12.1 Å². The molecule has 0 aliphatic carbocycles. The highest BCUT2D eigenvalue weighted by Crippen LogP contribution is 2.23. The summed E-state index contributed by atoms with van der Waals surface area (Å²) >= 11 is 0.